The lowest BCUT2D eigenvalue weighted by Gasteiger charge is -2.18. The van der Waals surface area contributed by atoms with Crippen molar-refractivity contribution >= 4 is 11.9 Å². The second-order valence-corrected chi connectivity index (χ2v) is 9.44. The molecule has 3 atom stereocenters. The van der Waals surface area contributed by atoms with Crippen LogP contribution in [-0.4, -0.2) is 10.9 Å². The van der Waals surface area contributed by atoms with Gasteiger partial charge >= 0.3 is 0 Å². The van der Waals surface area contributed by atoms with Crippen LogP contribution in [0.3, 0.4) is 0 Å². The highest BCUT2D eigenvalue weighted by atomic mass is 16.3. The molecule has 174 valence electrons. The molecule has 0 fully saturated rings. The quantitative estimate of drug-likeness (QED) is 0.205. The Morgan fingerprint density at radius 2 is 1.38 bits per heavy atom. The lowest BCUT2D eigenvalue weighted by Crippen LogP contribution is -2.06. The Bertz CT molecular complexity index is 909. The van der Waals surface area contributed by atoms with Gasteiger partial charge in [-0.1, -0.05) is 97.2 Å². The van der Waals surface area contributed by atoms with Crippen LogP contribution < -0.4 is 0 Å². The summed E-state index contributed by atoms with van der Waals surface area (Å²) in [6.07, 6.45) is 8.32. The maximum absolute atomic E-state index is 13.1. The van der Waals surface area contributed by atoms with E-state index < -0.39 is 0 Å². The molecule has 0 aliphatic heterocycles. The van der Waals surface area contributed by atoms with Crippen molar-refractivity contribution in [3.05, 3.63) is 76.0 Å². The Balaban J connectivity index is 2.42. The molecule has 0 aromatic heterocycles. The van der Waals surface area contributed by atoms with Crippen molar-refractivity contribution in [2.45, 2.75) is 97.8 Å². The summed E-state index contributed by atoms with van der Waals surface area (Å²) in [7, 11) is 0. The molecule has 0 saturated carbocycles. The second-order valence-electron chi connectivity index (χ2n) is 9.44. The average molecular weight is 435 g/mol. The fourth-order valence-electron chi connectivity index (χ4n) is 4.61. The largest absolute Gasteiger partial charge is 0.504 e. The summed E-state index contributed by atoms with van der Waals surface area (Å²) >= 11 is 0. The number of Topliss-reactive ketones (excluding diaryl/α,β-unsaturated/α-hetero) is 1. The number of hydrogen-bond donors (Lipinski definition) is 1. The van der Waals surface area contributed by atoms with Crippen LogP contribution in [0, 0.1) is 0 Å². The van der Waals surface area contributed by atoms with E-state index in [1.165, 1.54) is 11.1 Å². The first-order valence-electron chi connectivity index (χ1n) is 12.5. The summed E-state index contributed by atoms with van der Waals surface area (Å²) in [5, 5.41) is 10.8. The second kappa shape index (κ2) is 12.6. The highest BCUT2D eigenvalue weighted by molar-refractivity contribution is 6.09. The van der Waals surface area contributed by atoms with Gasteiger partial charge in [-0.25, -0.2) is 0 Å². The average Bonchev–Trinajstić information content (AvgIpc) is 2.79. The minimum atomic E-state index is -0.309. The summed E-state index contributed by atoms with van der Waals surface area (Å²) in [6.45, 7) is 13.2. The molecule has 1 N–H and O–H groups in total. The normalized spacial score (nSPS) is 14.8. The van der Waals surface area contributed by atoms with Gasteiger partial charge < -0.3 is 5.11 Å². The summed E-state index contributed by atoms with van der Waals surface area (Å²) in [6, 6.07) is 14.3. The van der Waals surface area contributed by atoms with Gasteiger partial charge in [0.25, 0.3) is 0 Å². The van der Waals surface area contributed by atoms with Gasteiger partial charge in [0.2, 0.25) is 5.78 Å². The van der Waals surface area contributed by atoms with Gasteiger partial charge in [-0.05, 0) is 71.4 Å². The summed E-state index contributed by atoms with van der Waals surface area (Å²) in [5.41, 5.74) is 5.13. The van der Waals surface area contributed by atoms with Gasteiger partial charge in [-0.15, -0.1) is 0 Å². The van der Waals surface area contributed by atoms with Crippen molar-refractivity contribution in [2.75, 3.05) is 0 Å². The van der Waals surface area contributed by atoms with Gasteiger partial charge in [-0.2, -0.15) is 0 Å². The van der Waals surface area contributed by atoms with E-state index in [0.717, 1.165) is 49.7 Å². The topological polar surface area (TPSA) is 37.3 Å². The molecule has 0 aliphatic carbocycles. The van der Waals surface area contributed by atoms with Crippen LogP contribution in [0.1, 0.15) is 130 Å². The van der Waals surface area contributed by atoms with Gasteiger partial charge in [0, 0.05) is 5.56 Å². The first-order valence-corrected chi connectivity index (χ1v) is 12.5. The molecule has 0 heterocycles. The molecular weight excluding hydrogens is 392 g/mol. The molecule has 0 saturated heterocycles. The van der Waals surface area contributed by atoms with Gasteiger partial charge in [0.1, 0.15) is 0 Å². The number of hydrogen-bond acceptors (Lipinski definition) is 2. The number of allylic oxidation sites excluding steroid dienone is 1. The fraction of sp³-hybridized carbons (Fsp3) is 0.500. The van der Waals surface area contributed by atoms with Crippen LogP contribution in [-0.2, 0) is 0 Å². The maximum atomic E-state index is 13.1. The number of carbonyl (C=O) groups excluding carboxylic acids is 1. The number of carbonyl (C=O) groups is 1. The third-order valence-corrected chi connectivity index (χ3v) is 6.62. The molecule has 0 spiro atoms. The number of ketones is 1. The van der Waals surface area contributed by atoms with Crippen molar-refractivity contribution in [1.82, 2.24) is 0 Å². The van der Waals surface area contributed by atoms with Gasteiger partial charge in [0.05, 0.1) is 0 Å². The van der Waals surface area contributed by atoms with Crippen LogP contribution in [0.25, 0.3) is 6.08 Å². The van der Waals surface area contributed by atoms with E-state index in [9.17, 15) is 9.90 Å². The van der Waals surface area contributed by atoms with Gasteiger partial charge in [0.15, 0.2) is 5.76 Å². The Kier molecular flexibility index (Phi) is 10.2. The molecule has 2 aromatic rings. The fourth-order valence-corrected chi connectivity index (χ4v) is 4.61. The highest BCUT2D eigenvalue weighted by Gasteiger charge is 2.17. The van der Waals surface area contributed by atoms with E-state index in [1.54, 1.807) is 12.1 Å². The molecule has 0 bridgehead atoms. The zero-order chi connectivity index (χ0) is 23.7. The lowest BCUT2D eigenvalue weighted by molar-refractivity contribution is 0.0980. The first-order chi connectivity index (χ1) is 15.3. The Labute approximate surface area is 195 Å². The zero-order valence-electron chi connectivity index (χ0n) is 20.9. The van der Waals surface area contributed by atoms with Crippen molar-refractivity contribution in [1.29, 1.82) is 0 Å². The minimum Gasteiger partial charge on any atom is -0.504 e. The van der Waals surface area contributed by atoms with E-state index in [2.05, 4.69) is 65.8 Å². The zero-order valence-corrected chi connectivity index (χ0v) is 20.9. The molecule has 2 rings (SSSR count). The standard InChI is InChI=1S/C30H42O2/c1-7-11-21(4)24-14-10-15-26(18-24)30(32)29(31)20-27-19-25(22(5)12-8-2)16-17-28(27)23(6)13-9-3/h10,14-23,31H,7-9,11-13H2,1-6H3. The Hall–Kier alpha value is -2.35. The summed E-state index contributed by atoms with van der Waals surface area (Å²) in [5.74, 6) is 0.740. The van der Waals surface area contributed by atoms with E-state index in [1.807, 2.05) is 12.1 Å². The molecule has 2 aromatic carbocycles. The number of benzene rings is 2. The van der Waals surface area contributed by atoms with E-state index >= 15 is 0 Å². The Morgan fingerprint density at radius 1 is 0.812 bits per heavy atom. The van der Waals surface area contributed by atoms with Crippen LogP contribution in [0.4, 0.5) is 0 Å². The highest BCUT2D eigenvalue weighted by Crippen LogP contribution is 2.31. The van der Waals surface area contributed by atoms with Crippen molar-refractivity contribution < 1.29 is 9.90 Å². The van der Waals surface area contributed by atoms with Crippen molar-refractivity contribution in [3.63, 3.8) is 0 Å². The number of rotatable bonds is 12. The van der Waals surface area contributed by atoms with E-state index in [4.69, 9.17) is 0 Å². The SMILES string of the molecule is CCCC(C)c1cccc(C(=O)C(O)=Cc2cc(C(C)CCC)ccc2C(C)CCC)c1. The maximum Gasteiger partial charge on any atom is 0.227 e. The third kappa shape index (κ3) is 6.82. The number of aliphatic hydroxyl groups is 1. The summed E-state index contributed by atoms with van der Waals surface area (Å²) < 4.78 is 0. The molecule has 0 radical (unpaired) electrons. The monoisotopic (exact) mass is 434 g/mol. The lowest BCUT2D eigenvalue weighted by atomic mass is 9.87. The van der Waals surface area contributed by atoms with E-state index in [-0.39, 0.29) is 11.5 Å². The minimum absolute atomic E-state index is 0.185. The molecule has 32 heavy (non-hydrogen) atoms. The van der Waals surface area contributed by atoms with E-state index in [0.29, 0.717) is 23.3 Å². The van der Waals surface area contributed by atoms with Crippen LogP contribution in [0.15, 0.2) is 48.2 Å². The van der Waals surface area contributed by atoms with Crippen LogP contribution >= 0.6 is 0 Å². The molecule has 2 nitrogen and oxygen atoms in total. The smallest absolute Gasteiger partial charge is 0.227 e. The molecule has 2 heteroatoms. The number of aliphatic hydroxyl groups excluding tert-OH is 1. The predicted molar refractivity (Wildman–Crippen MR) is 138 cm³/mol. The first kappa shape index (κ1) is 25.9. The molecular formula is C30H42O2. The molecule has 0 amide bonds. The summed E-state index contributed by atoms with van der Waals surface area (Å²) in [4.78, 5) is 13.1. The van der Waals surface area contributed by atoms with Crippen molar-refractivity contribution in [3.8, 4) is 0 Å². The Morgan fingerprint density at radius 3 is 1.97 bits per heavy atom. The van der Waals surface area contributed by atoms with Gasteiger partial charge in [-0.3, -0.25) is 4.79 Å². The molecule has 0 aliphatic rings. The third-order valence-electron chi connectivity index (χ3n) is 6.62. The van der Waals surface area contributed by atoms with Crippen molar-refractivity contribution in [2.24, 2.45) is 0 Å². The van der Waals surface area contributed by atoms with Crippen LogP contribution in [0.2, 0.25) is 0 Å². The predicted octanol–water partition coefficient (Wildman–Crippen LogP) is 9.18. The van der Waals surface area contributed by atoms with Crippen LogP contribution in [0.5, 0.6) is 0 Å². The molecule has 3 unspecified atom stereocenters.